The molecule has 0 N–H and O–H groups in total. The van der Waals surface area contributed by atoms with E-state index in [0.29, 0.717) is 16.7 Å². The van der Waals surface area contributed by atoms with Gasteiger partial charge in [0.1, 0.15) is 5.69 Å². The van der Waals surface area contributed by atoms with Gasteiger partial charge in [0, 0.05) is 23.4 Å². The molecule has 2 aromatic heterocycles. The lowest BCUT2D eigenvalue weighted by molar-refractivity contribution is 0.102. The molecule has 0 spiro atoms. The van der Waals surface area contributed by atoms with Crippen LogP contribution in [0.15, 0.2) is 29.0 Å². The van der Waals surface area contributed by atoms with Crippen molar-refractivity contribution in [3.8, 4) is 0 Å². The third-order valence-electron chi connectivity index (χ3n) is 2.30. The minimum Gasteiger partial charge on any atom is -0.287 e. The lowest BCUT2D eigenvalue weighted by atomic mass is 10.1. The van der Waals surface area contributed by atoms with Gasteiger partial charge in [-0.1, -0.05) is 0 Å². The average molecular weight is 298 g/mol. The summed E-state index contributed by atoms with van der Waals surface area (Å²) in [5.74, 6) is -1.20. The van der Waals surface area contributed by atoms with E-state index < -0.39 is 11.7 Å². The van der Waals surface area contributed by atoms with Crippen molar-refractivity contribution in [3.05, 3.63) is 46.2 Å². The maximum absolute atomic E-state index is 13.5. The number of nitrogens with zero attached hydrogens (tertiary/aromatic N) is 3. The molecule has 0 bridgehead atoms. The average Bonchev–Trinajstić information content (AvgIpc) is 2.79. The molecule has 4 nitrogen and oxygen atoms in total. The Hall–Kier alpha value is -1.56. The number of ketones is 1. The summed E-state index contributed by atoms with van der Waals surface area (Å²) in [6.07, 6.45) is 2.82. The predicted molar refractivity (Wildman–Crippen MR) is 63.2 cm³/mol. The maximum atomic E-state index is 13.5. The van der Waals surface area contributed by atoms with E-state index in [1.54, 1.807) is 6.07 Å². The van der Waals surface area contributed by atoms with E-state index in [-0.39, 0.29) is 5.56 Å². The van der Waals surface area contributed by atoms with Crippen LogP contribution in [0, 0.1) is 5.95 Å². The first-order chi connectivity index (χ1) is 8.13. The molecule has 17 heavy (non-hydrogen) atoms. The van der Waals surface area contributed by atoms with Crippen molar-refractivity contribution in [1.29, 1.82) is 0 Å². The number of carbonyl (C=O) groups is 1. The molecule has 0 saturated heterocycles. The second-order valence-corrected chi connectivity index (χ2v) is 4.27. The van der Waals surface area contributed by atoms with Gasteiger partial charge >= 0.3 is 0 Å². The standard InChI is InChI=1S/C11H9BrFN3O/c1-2-16-9(3-4-15-16)10(17)8-5-7(12)6-14-11(8)13/h3-6H,2H2,1H3. The monoisotopic (exact) mass is 297 g/mol. The number of pyridine rings is 1. The molecule has 0 aromatic carbocycles. The second-order valence-electron chi connectivity index (χ2n) is 3.35. The highest BCUT2D eigenvalue weighted by atomic mass is 79.9. The Morgan fingerprint density at radius 3 is 3.06 bits per heavy atom. The number of aromatic nitrogens is 3. The van der Waals surface area contributed by atoms with Gasteiger partial charge in [0.25, 0.3) is 0 Å². The molecule has 0 radical (unpaired) electrons. The summed E-state index contributed by atoms with van der Waals surface area (Å²) < 4.78 is 15.5. The van der Waals surface area contributed by atoms with Crippen molar-refractivity contribution in [2.75, 3.05) is 0 Å². The van der Waals surface area contributed by atoms with Crippen LogP contribution >= 0.6 is 15.9 Å². The first kappa shape index (κ1) is 11.9. The molecule has 0 atom stereocenters. The summed E-state index contributed by atoms with van der Waals surface area (Å²) in [5, 5.41) is 3.97. The Morgan fingerprint density at radius 2 is 2.35 bits per heavy atom. The quantitative estimate of drug-likeness (QED) is 0.646. The normalized spacial score (nSPS) is 10.5. The summed E-state index contributed by atoms with van der Waals surface area (Å²) in [6, 6.07) is 2.98. The Balaban J connectivity index is 2.47. The predicted octanol–water partition coefficient (Wildman–Crippen LogP) is 2.43. The topological polar surface area (TPSA) is 47.8 Å². The maximum Gasteiger partial charge on any atom is 0.224 e. The van der Waals surface area contributed by atoms with E-state index in [2.05, 4.69) is 26.0 Å². The largest absolute Gasteiger partial charge is 0.287 e. The smallest absolute Gasteiger partial charge is 0.224 e. The molecule has 0 aliphatic carbocycles. The lowest BCUT2D eigenvalue weighted by Crippen LogP contribution is -2.12. The van der Waals surface area contributed by atoms with Crippen molar-refractivity contribution in [1.82, 2.24) is 14.8 Å². The van der Waals surface area contributed by atoms with Crippen LogP contribution in [-0.4, -0.2) is 20.5 Å². The van der Waals surface area contributed by atoms with E-state index in [1.165, 1.54) is 23.1 Å². The van der Waals surface area contributed by atoms with Crippen LogP contribution in [0.25, 0.3) is 0 Å². The molecule has 2 heterocycles. The molecular formula is C11H9BrFN3O. The van der Waals surface area contributed by atoms with Crippen molar-refractivity contribution >= 4 is 21.7 Å². The van der Waals surface area contributed by atoms with Gasteiger partial charge in [-0.05, 0) is 35.0 Å². The van der Waals surface area contributed by atoms with Crippen LogP contribution in [-0.2, 0) is 6.54 Å². The van der Waals surface area contributed by atoms with Gasteiger partial charge in [-0.25, -0.2) is 4.98 Å². The molecule has 2 aromatic rings. The first-order valence-electron chi connectivity index (χ1n) is 5.01. The molecule has 0 aliphatic rings. The number of halogens is 2. The summed E-state index contributed by atoms with van der Waals surface area (Å²) in [6.45, 7) is 2.41. The zero-order chi connectivity index (χ0) is 12.4. The number of hydrogen-bond acceptors (Lipinski definition) is 3. The molecular weight excluding hydrogens is 289 g/mol. The fourth-order valence-electron chi connectivity index (χ4n) is 1.50. The molecule has 0 amide bonds. The fraction of sp³-hybridized carbons (Fsp3) is 0.182. The summed E-state index contributed by atoms with van der Waals surface area (Å²) >= 11 is 3.16. The minimum absolute atomic E-state index is 0.0606. The lowest BCUT2D eigenvalue weighted by Gasteiger charge is -2.04. The van der Waals surface area contributed by atoms with Crippen LogP contribution in [0.5, 0.6) is 0 Å². The number of rotatable bonds is 3. The Bertz CT molecular complexity index is 568. The van der Waals surface area contributed by atoms with Gasteiger partial charge in [-0.15, -0.1) is 0 Å². The van der Waals surface area contributed by atoms with Crippen molar-refractivity contribution < 1.29 is 9.18 Å². The molecule has 0 saturated carbocycles. The number of hydrogen-bond donors (Lipinski definition) is 0. The third kappa shape index (κ3) is 2.26. The SMILES string of the molecule is CCn1nccc1C(=O)c1cc(Br)cnc1F. The van der Waals surface area contributed by atoms with Gasteiger partial charge in [-0.2, -0.15) is 9.49 Å². The van der Waals surface area contributed by atoms with Gasteiger partial charge in [0.05, 0.1) is 5.56 Å². The molecule has 6 heteroatoms. The highest BCUT2D eigenvalue weighted by Gasteiger charge is 2.18. The van der Waals surface area contributed by atoms with Crippen LogP contribution < -0.4 is 0 Å². The van der Waals surface area contributed by atoms with E-state index in [1.807, 2.05) is 6.92 Å². The van der Waals surface area contributed by atoms with Crippen molar-refractivity contribution in [2.45, 2.75) is 13.5 Å². The van der Waals surface area contributed by atoms with Gasteiger partial charge in [0.15, 0.2) is 0 Å². The van der Waals surface area contributed by atoms with Crippen LogP contribution in [0.3, 0.4) is 0 Å². The summed E-state index contributed by atoms with van der Waals surface area (Å²) in [4.78, 5) is 15.6. The fourth-order valence-corrected chi connectivity index (χ4v) is 1.83. The van der Waals surface area contributed by atoms with Crippen molar-refractivity contribution in [3.63, 3.8) is 0 Å². The summed E-state index contributed by atoms with van der Waals surface area (Å²) in [7, 11) is 0. The molecule has 0 aliphatic heterocycles. The Kier molecular flexibility index (Phi) is 3.33. The van der Waals surface area contributed by atoms with Gasteiger partial charge in [0.2, 0.25) is 11.7 Å². The molecule has 0 unspecified atom stereocenters. The van der Waals surface area contributed by atoms with E-state index in [0.717, 1.165) is 0 Å². The molecule has 88 valence electrons. The van der Waals surface area contributed by atoms with E-state index in [4.69, 9.17) is 0 Å². The second kappa shape index (κ2) is 4.75. The number of aryl methyl sites for hydroxylation is 1. The third-order valence-corrected chi connectivity index (χ3v) is 2.73. The molecule has 2 rings (SSSR count). The molecule has 0 fully saturated rings. The van der Waals surface area contributed by atoms with Crippen molar-refractivity contribution in [2.24, 2.45) is 0 Å². The minimum atomic E-state index is -0.776. The van der Waals surface area contributed by atoms with Crippen LogP contribution in [0.1, 0.15) is 23.0 Å². The highest BCUT2D eigenvalue weighted by Crippen LogP contribution is 2.16. The van der Waals surface area contributed by atoms with Gasteiger partial charge in [-0.3, -0.25) is 9.48 Å². The highest BCUT2D eigenvalue weighted by molar-refractivity contribution is 9.10. The Morgan fingerprint density at radius 1 is 1.59 bits per heavy atom. The summed E-state index contributed by atoms with van der Waals surface area (Å²) in [5.41, 5.74) is 0.292. The zero-order valence-corrected chi connectivity index (χ0v) is 10.6. The van der Waals surface area contributed by atoms with Gasteiger partial charge < -0.3 is 0 Å². The first-order valence-corrected chi connectivity index (χ1v) is 5.80. The zero-order valence-electron chi connectivity index (χ0n) is 9.02. The van der Waals surface area contributed by atoms with E-state index in [9.17, 15) is 9.18 Å². The van der Waals surface area contributed by atoms with E-state index >= 15 is 0 Å². The van der Waals surface area contributed by atoms with Crippen LogP contribution in [0.2, 0.25) is 0 Å². The Labute approximate surface area is 106 Å². The number of carbonyl (C=O) groups excluding carboxylic acids is 1. The van der Waals surface area contributed by atoms with Crippen LogP contribution in [0.4, 0.5) is 4.39 Å².